The minimum Gasteiger partial charge on any atom is -0.316 e. The van der Waals surface area contributed by atoms with Crippen LogP contribution in [-0.4, -0.2) is 43.9 Å². The van der Waals surface area contributed by atoms with Gasteiger partial charge in [0.1, 0.15) is 0 Å². The van der Waals surface area contributed by atoms with E-state index in [1.165, 1.54) is 0 Å². The molecule has 1 aliphatic heterocycles. The number of carbonyl (C=O) groups is 1. The van der Waals surface area contributed by atoms with Crippen molar-refractivity contribution >= 4 is 49.9 Å². The number of carbonyl (C=O) groups excluding carboxylic acids is 1. The van der Waals surface area contributed by atoms with Crippen LogP contribution in [0.2, 0.25) is 0 Å². The molecule has 1 aliphatic rings. The fourth-order valence-electron chi connectivity index (χ4n) is 1.95. The Balaban J connectivity index is 0.00000220. The summed E-state index contributed by atoms with van der Waals surface area (Å²) in [5.41, 5.74) is 0. The number of anilines is 2. The molecule has 1 unspecified atom stereocenters. The Morgan fingerprint density at radius 2 is 2.14 bits per heavy atom. The Morgan fingerprint density at radius 3 is 2.76 bits per heavy atom. The molecule has 0 saturated carbocycles. The standard InChI is InChI=1S/C10H17N5O3S2.ClH/c1-20(17,18)15-10-14-13-9(19-10)12-8(16)3-2-7-4-5-11-6-7;/h7,11H,2-6H2,1H3,(H,14,15)(H,12,13,16);1H. The van der Waals surface area contributed by atoms with Crippen molar-refractivity contribution in [3.63, 3.8) is 0 Å². The van der Waals surface area contributed by atoms with Crippen LogP contribution in [0.4, 0.5) is 10.3 Å². The first-order valence-electron chi connectivity index (χ1n) is 6.24. The lowest BCUT2D eigenvalue weighted by Gasteiger charge is -2.06. The number of rotatable bonds is 6. The van der Waals surface area contributed by atoms with Crippen LogP contribution in [0.5, 0.6) is 0 Å². The SMILES string of the molecule is CS(=O)(=O)Nc1nnc(NC(=O)CCC2CCNC2)s1.Cl. The van der Waals surface area contributed by atoms with Gasteiger partial charge in [-0.25, -0.2) is 8.42 Å². The quantitative estimate of drug-likeness (QED) is 0.690. The van der Waals surface area contributed by atoms with Gasteiger partial charge in [0.2, 0.25) is 26.2 Å². The molecule has 0 radical (unpaired) electrons. The van der Waals surface area contributed by atoms with Crippen LogP contribution in [0, 0.1) is 5.92 Å². The van der Waals surface area contributed by atoms with Crippen LogP contribution in [0.1, 0.15) is 19.3 Å². The Labute approximate surface area is 133 Å². The van der Waals surface area contributed by atoms with E-state index in [2.05, 4.69) is 25.6 Å². The molecular formula is C10H18ClN5O3S2. The molecule has 1 aromatic rings. The lowest BCUT2D eigenvalue weighted by molar-refractivity contribution is -0.116. The smallest absolute Gasteiger partial charge is 0.231 e. The second kappa shape index (κ2) is 7.87. The number of hydrogen-bond acceptors (Lipinski definition) is 7. The molecule has 1 fully saturated rings. The van der Waals surface area contributed by atoms with Gasteiger partial charge in [-0.15, -0.1) is 22.6 Å². The average molecular weight is 356 g/mol. The third-order valence-corrected chi connectivity index (χ3v) is 4.33. The van der Waals surface area contributed by atoms with Crippen LogP contribution < -0.4 is 15.4 Å². The molecule has 0 bridgehead atoms. The molecule has 0 aromatic carbocycles. The normalized spacial score (nSPS) is 18.0. The van der Waals surface area contributed by atoms with Gasteiger partial charge < -0.3 is 10.6 Å². The molecule has 3 N–H and O–H groups in total. The number of sulfonamides is 1. The summed E-state index contributed by atoms with van der Waals surface area (Å²) < 4.78 is 24.2. The van der Waals surface area contributed by atoms with Crippen molar-refractivity contribution in [2.45, 2.75) is 19.3 Å². The maximum absolute atomic E-state index is 11.7. The van der Waals surface area contributed by atoms with E-state index in [0.29, 0.717) is 17.5 Å². The molecular weight excluding hydrogens is 338 g/mol. The van der Waals surface area contributed by atoms with Gasteiger partial charge in [-0.05, 0) is 31.8 Å². The van der Waals surface area contributed by atoms with Crippen LogP contribution in [0.15, 0.2) is 0 Å². The monoisotopic (exact) mass is 355 g/mol. The van der Waals surface area contributed by atoms with Crippen molar-refractivity contribution in [2.75, 3.05) is 29.4 Å². The summed E-state index contributed by atoms with van der Waals surface area (Å²) in [7, 11) is -3.38. The van der Waals surface area contributed by atoms with Crippen molar-refractivity contribution in [2.24, 2.45) is 5.92 Å². The first-order valence-corrected chi connectivity index (χ1v) is 8.95. The minimum absolute atomic E-state index is 0. The van der Waals surface area contributed by atoms with Crippen LogP contribution in [0.3, 0.4) is 0 Å². The number of aromatic nitrogens is 2. The molecule has 120 valence electrons. The zero-order valence-electron chi connectivity index (χ0n) is 11.5. The number of amides is 1. The van der Waals surface area contributed by atoms with Crippen molar-refractivity contribution in [3.05, 3.63) is 0 Å². The van der Waals surface area contributed by atoms with Gasteiger partial charge in [0.05, 0.1) is 6.26 Å². The molecule has 0 aliphatic carbocycles. The number of nitrogens with one attached hydrogen (secondary N) is 3. The molecule has 1 saturated heterocycles. The topological polar surface area (TPSA) is 113 Å². The van der Waals surface area contributed by atoms with Gasteiger partial charge in [0.25, 0.3) is 0 Å². The largest absolute Gasteiger partial charge is 0.316 e. The summed E-state index contributed by atoms with van der Waals surface area (Å²) in [5.74, 6) is 0.427. The molecule has 0 spiro atoms. The predicted octanol–water partition coefficient (Wildman–Crippen LogP) is 0.660. The van der Waals surface area contributed by atoms with Gasteiger partial charge in [0, 0.05) is 6.42 Å². The van der Waals surface area contributed by atoms with Crippen LogP contribution in [-0.2, 0) is 14.8 Å². The highest BCUT2D eigenvalue weighted by Gasteiger charge is 2.16. The second-order valence-electron chi connectivity index (χ2n) is 4.73. The van der Waals surface area contributed by atoms with E-state index in [0.717, 1.165) is 43.5 Å². The number of halogens is 1. The number of nitrogens with zero attached hydrogens (tertiary/aromatic N) is 2. The van der Waals surface area contributed by atoms with Gasteiger partial charge in [0.15, 0.2) is 0 Å². The van der Waals surface area contributed by atoms with Crippen LogP contribution >= 0.6 is 23.7 Å². The third-order valence-electron chi connectivity index (χ3n) is 2.89. The molecule has 2 heterocycles. The Kier molecular flexibility index (Phi) is 6.78. The summed E-state index contributed by atoms with van der Waals surface area (Å²) >= 11 is 0.989. The summed E-state index contributed by atoms with van der Waals surface area (Å²) in [4.78, 5) is 11.7. The van der Waals surface area contributed by atoms with E-state index in [1.54, 1.807) is 0 Å². The molecule has 11 heteroatoms. The van der Waals surface area contributed by atoms with Gasteiger partial charge in [-0.2, -0.15) is 0 Å². The van der Waals surface area contributed by atoms with Gasteiger partial charge >= 0.3 is 0 Å². The third kappa shape index (κ3) is 6.55. The van der Waals surface area contributed by atoms with E-state index in [1.807, 2.05) is 0 Å². The Morgan fingerprint density at radius 1 is 1.43 bits per heavy atom. The Bertz CT molecular complexity index is 571. The van der Waals surface area contributed by atoms with E-state index in [4.69, 9.17) is 0 Å². The zero-order chi connectivity index (χ0) is 14.6. The molecule has 1 aromatic heterocycles. The fourth-order valence-corrected chi connectivity index (χ4v) is 3.44. The lowest BCUT2D eigenvalue weighted by atomic mass is 10.0. The van der Waals surface area contributed by atoms with Crippen LogP contribution in [0.25, 0.3) is 0 Å². The molecule has 1 atom stereocenters. The molecule has 8 nitrogen and oxygen atoms in total. The van der Waals surface area contributed by atoms with Crippen molar-refractivity contribution < 1.29 is 13.2 Å². The van der Waals surface area contributed by atoms with Crippen molar-refractivity contribution in [3.8, 4) is 0 Å². The maximum atomic E-state index is 11.7. The summed E-state index contributed by atoms with van der Waals surface area (Å²) in [6.45, 7) is 1.98. The molecule has 2 rings (SSSR count). The second-order valence-corrected chi connectivity index (χ2v) is 7.46. The predicted molar refractivity (Wildman–Crippen MR) is 84.5 cm³/mol. The molecule has 21 heavy (non-hydrogen) atoms. The fraction of sp³-hybridized carbons (Fsp3) is 0.700. The van der Waals surface area contributed by atoms with Crippen molar-refractivity contribution in [1.29, 1.82) is 0 Å². The lowest BCUT2D eigenvalue weighted by Crippen LogP contribution is -2.14. The minimum atomic E-state index is -3.38. The average Bonchev–Trinajstić information content (AvgIpc) is 2.96. The highest BCUT2D eigenvalue weighted by Crippen LogP contribution is 2.21. The first kappa shape index (κ1) is 18.1. The number of hydrogen-bond donors (Lipinski definition) is 3. The summed E-state index contributed by atoms with van der Waals surface area (Å²) in [5, 5.41) is 13.7. The summed E-state index contributed by atoms with van der Waals surface area (Å²) in [6.07, 6.45) is 3.41. The van der Waals surface area contributed by atoms with E-state index in [-0.39, 0.29) is 23.4 Å². The molecule has 1 amide bonds. The van der Waals surface area contributed by atoms with Crippen molar-refractivity contribution in [1.82, 2.24) is 15.5 Å². The summed E-state index contributed by atoms with van der Waals surface area (Å²) in [6, 6.07) is 0. The highest BCUT2D eigenvalue weighted by atomic mass is 35.5. The van der Waals surface area contributed by atoms with Gasteiger partial charge in [-0.3, -0.25) is 9.52 Å². The van der Waals surface area contributed by atoms with E-state index < -0.39 is 10.0 Å². The van der Waals surface area contributed by atoms with E-state index in [9.17, 15) is 13.2 Å². The Hall–Kier alpha value is -0.970. The first-order chi connectivity index (χ1) is 9.42. The van der Waals surface area contributed by atoms with Gasteiger partial charge in [-0.1, -0.05) is 11.3 Å². The van der Waals surface area contributed by atoms with E-state index >= 15 is 0 Å². The maximum Gasteiger partial charge on any atom is 0.231 e. The highest BCUT2D eigenvalue weighted by molar-refractivity contribution is 7.92. The zero-order valence-corrected chi connectivity index (χ0v) is 13.9.